The Bertz CT molecular complexity index is 988. The highest BCUT2D eigenvalue weighted by Gasteiger charge is 2.14. The van der Waals surface area contributed by atoms with Crippen molar-refractivity contribution in [3.05, 3.63) is 69.7 Å². The van der Waals surface area contributed by atoms with Crippen LogP contribution in [-0.4, -0.2) is 22.0 Å². The van der Waals surface area contributed by atoms with Gasteiger partial charge in [-0.3, -0.25) is 14.6 Å². The van der Waals surface area contributed by atoms with E-state index in [1.807, 2.05) is 0 Å². The SMILES string of the molecule is Cc1cc(NC(=O)c2ccnc(C(=O)Nc3ccc(Cl)cc3Cl)c2)no1. The number of hydrogen-bond donors (Lipinski definition) is 2. The highest BCUT2D eigenvalue weighted by Crippen LogP contribution is 2.25. The van der Waals surface area contributed by atoms with Gasteiger partial charge in [-0.25, -0.2) is 0 Å². The van der Waals surface area contributed by atoms with Crippen molar-refractivity contribution in [3.63, 3.8) is 0 Å². The molecule has 0 radical (unpaired) electrons. The number of pyridine rings is 1. The smallest absolute Gasteiger partial charge is 0.274 e. The summed E-state index contributed by atoms with van der Waals surface area (Å²) < 4.78 is 4.89. The van der Waals surface area contributed by atoms with Crippen LogP contribution in [-0.2, 0) is 0 Å². The van der Waals surface area contributed by atoms with Gasteiger partial charge in [0, 0.05) is 22.8 Å². The highest BCUT2D eigenvalue weighted by atomic mass is 35.5. The Balaban J connectivity index is 1.75. The number of anilines is 2. The molecule has 0 aliphatic carbocycles. The van der Waals surface area contributed by atoms with Gasteiger partial charge in [-0.15, -0.1) is 0 Å². The quantitative estimate of drug-likeness (QED) is 0.695. The van der Waals surface area contributed by atoms with Gasteiger partial charge in [-0.05, 0) is 37.3 Å². The molecule has 0 aliphatic rings. The summed E-state index contributed by atoms with van der Waals surface area (Å²) in [6.07, 6.45) is 1.36. The summed E-state index contributed by atoms with van der Waals surface area (Å²) in [4.78, 5) is 28.6. The third-order valence-electron chi connectivity index (χ3n) is 3.30. The van der Waals surface area contributed by atoms with Crippen LogP contribution in [0, 0.1) is 6.92 Å². The van der Waals surface area contributed by atoms with Crippen LogP contribution in [0.2, 0.25) is 10.0 Å². The van der Waals surface area contributed by atoms with Crippen LogP contribution in [0.5, 0.6) is 0 Å². The number of halogens is 2. The van der Waals surface area contributed by atoms with Crippen molar-refractivity contribution in [2.75, 3.05) is 10.6 Å². The lowest BCUT2D eigenvalue weighted by Crippen LogP contribution is -2.17. The summed E-state index contributed by atoms with van der Waals surface area (Å²) in [6, 6.07) is 9.10. The fourth-order valence-electron chi connectivity index (χ4n) is 2.09. The van der Waals surface area contributed by atoms with Crippen molar-refractivity contribution in [3.8, 4) is 0 Å². The van der Waals surface area contributed by atoms with Gasteiger partial charge in [0.05, 0.1) is 10.7 Å². The van der Waals surface area contributed by atoms with Gasteiger partial charge in [-0.2, -0.15) is 0 Å². The average Bonchev–Trinajstić information content (AvgIpc) is 3.02. The van der Waals surface area contributed by atoms with Gasteiger partial charge in [0.2, 0.25) is 0 Å². The first kappa shape index (κ1) is 17.9. The molecular formula is C17H12Cl2N4O3. The molecule has 0 spiro atoms. The maximum atomic E-state index is 12.4. The Morgan fingerprint density at radius 2 is 1.85 bits per heavy atom. The highest BCUT2D eigenvalue weighted by molar-refractivity contribution is 6.36. The van der Waals surface area contributed by atoms with Crippen LogP contribution in [0.15, 0.2) is 47.1 Å². The van der Waals surface area contributed by atoms with E-state index in [1.54, 1.807) is 25.1 Å². The molecule has 3 aromatic rings. The van der Waals surface area contributed by atoms with Gasteiger partial charge < -0.3 is 15.2 Å². The predicted molar refractivity (Wildman–Crippen MR) is 97.8 cm³/mol. The molecule has 26 heavy (non-hydrogen) atoms. The van der Waals surface area contributed by atoms with Crippen molar-refractivity contribution in [1.82, 2.24) is 10.1 Å². The summed E-state index contributed by atoms with van der Waals surface area (Å²) in [5, 5.41) is 9.62. The number of nitrogens with zero attached hydrogens (tertiary/aromatic N) is 2. The maximum absolute atomic E-state index is 12.4. The summed E-state index contributed by atoms with van der Waals surface area (Å²) >= 11 is 11.9. The topological polar surface area (TPSA) is 97.1 Å². The molecule has 7 nitrogen and oxygen atoms in total. The molecular weight excluding hydrogens is 379 g/mol. The number of carbonyl (C=O) groups excluding carboxylic acids is 2. The molecule has 3 rings (SSSR count). The van der Waals surface area contributed by atoms with Gasteiger partial charge >= 0.3 is 0 Å². The lowest BCUT2D eigenvalue weighted by molar-refractivity contribution is 0.102. The average molecular weight is 391 g/mol. The number of hydrogen-bond acceptors (Lipinski definition) is 5. The van der Waals surface area contributed by atoms with Crippen molar-refractivity contribution >= 4 is 46.5 Å². The second-order valence-electron chi connectivity index (χ2n) is 5.28. The molecule has 0 bridgehead atoms. The number of carbonyl (C=O) groups is 2. The minimum absolute atomic E-state index is 0.0556. The second-order valence-corrected chi connectivity index (χ2v) is 6.13. The molecule has 0 atom stereocenters. The maximum Gasteiger partial charge on any atom is 0.274 e. The standard InChI is InChI=1S/C17H12Cl2N4O3/c1-9-6-15(23-26-9)22-16(24)10-4-5-20-14(7-10)17(25)21-13-3-2-11(18)8-12(13)19/h2-8H,1H3,(H,21,25)(H,22,23,24). The van der Waals surface area contributed by atoms with E-state index in [2.05, 4.69) is 20.8 Å². The third kappa shape index (κ3) is 4.19. The van der Waals surface area contributed by atoms with E-state index >= 15 is 0 Å². The Hall–Kier alpha value is -2.90. The van der Waals surface area contributed by atoms with Crippen LogP contribution in [0.4, 0.5) is 11.5 Å². The summed E-state index contributed by atoms with van der Waals surface area (Å²) in [6.45, 7) is 1.71. The Kier molecular flexibility index (Phi) is 5.20. The van der Waals surface area contributed by atoms with Gasteiger partial charge in [0.15, 0.2) is 5.82 Å². The largest absolute Gasteiger partial charge is 0.360 e. The Morgan fingerprint density at radius 3 is 2.54 bits per heavy atom. The summed E-state index contributed by atoms with van der Waals surface area (Å²) in [5.41, 5.74) is 0.684. The Morgan fingerprint density at radius 1 is 1.04 bits per heavy atom. The van der Waals surface area contributed by atoms with E-state index in [0.717, 1.165) is 0 Å². The van der Waals surface area contributed by atoms with Crippen molar-refractivity contribution in [2.45, 2.75) is 6.92 Å². The number of aryl methyl sites for hydroxylation is 1. The number of amides is 2. The zero-order chi connectivity index (χ0) is 18.7. The first-order valence-electron chi connectivity index (χ1n) is 7.39. The monoisotopic (exact) mass is 390 g/mol. The van der Waals surface area contributed by atoms with Crippen molar-refractivity contribution in [1.29, 1.82) is 0 Å². The van der Waals surface area contributed by atoms with E-state index in [9.17, 15) is 9.59 Å². The normalized spacial score (nSPS) is 10.4. The van der Waals surface area contributed by atoms with Crippen LogP contribution in [0.25, 0.3) is 0 Å². The van der Waals surface area contributed by atoms with Crippen LogP contribution < -0.4 is 10.6 Å². The number of nitrogens with one attached hydrogen (secondary N) is 2. The molecule has 0 aliphatic heterocycles. The van der Waals surface area contributed by atoms with Gasteiger partial charge in [0.25, 0.3) is 11.8 Å². The Labute approximate surface area is 158 Å². The summed E-state index contributed by atoms with van der Waals surface area (Å²) in [5.74, 6) is -0.112. The van der Waals surface area contributed by atoms with E-state index in [1.165, 1.54) is 24.4 Å². The number of benzene rings is 1. The first-order chi connectivity index (χ1) is 12.4. The van der Waals surface area contributed by atoms with Gasteiger partial charge in [-0.1, -0.05) is 28.4 Å². The number of rotatable bonds is 4. The zero-order valence-electron chi connectivity index (χ0n) is 13.4. The molecule has 2 aromatic heterocycles. The molecule has 2 N–H and O–H groups in total. The molecule has 1 aromatic carbocycles. The number of aromatic nitrogens is 2. The first-order valence-corrected chi connectivity index (χ1v) is 8.15. The van der Waals surface area contributed by atoms with Crippen LogP contribution >= 0.6 is 23.2 Å². The van der Waals surface area contributed by atoms with Crippen LogP contribution in [0.3, 0.4) is 0 Å². The lowest BCUT2D eigenvalue weighted by Gasteiger charge is -2.08. The predicted octanol–water partition coefficient (Wildman–Crippen LogP) is 4.19. The third-order valence-corrected chi connectivity index (χ3v) is 3.85. The van der Waals surface area contributed by atoms with E-state index in [0.29, 0.717) is 21.5 Å². The van der Waals surface area contributed by atoms with Crippen molar-refractivity contribution in [2.24, 2.45) is 0 Å². The molecule has 0 unspecified atom stereocenters. The fourth-order valence-corrected chi connectivity index (χ4v) is 2.54. The van der Waals surface area contributed by atoms with E-state index in [4.69, 9.17) is 27.7 Å². The zero-order valence-corrected chi connectivity index (χ0v) is 14.9. The molecule has 9 heteroatoms. The molecule has 0 fully saturated rings. The summed E-state index contributed by atoms with van der Waals surface area (Å²) in [7, 11) is 0. The van der Waals surface area contributed by atoms with Crippen molar-refractivity contribution < 1.29 is 14.1 Å². The molecule has 2 amide bonds. The minimum atomic E-state index is -0.513. The van der Waals surface area contributed by atoms with E-state index < -0.39 is 11.8 Å². The van der Waals surface area contributed by atoms with E-state index in [-0.39, 0.29) is 17.1 Å². The second kappa shape index (κ2) is 7.55. The van der Waals surface area contributed by atoms with Crippen LogP contribution in [0.1, 0.15) is 26.6 Å². The lowest BCUT2D eigenvalue weighted by atomic mass is 10.2. The molecule has 0 saturated carbocycles. The minimum Gasteiger partial charge on any atom is -0.360 e. The fraction of sp³-hybridized carbons (Fsp3) is 0.0588. The molecule has 0 saturated heterocycles. The molecule has 2 heterocycles. The van der Waals surface area contributed by atoms with Gasteiger partial charge in [0.1, 0.15) is 11.5 Å². The molecule has 132 valence electrons.